The van der Waals surface area contributed by atoms with Crippen LogP contribution in [0.5, 0.6) is 0 Å². The van der Waals surface area contributed by atoms with E-state index in [4.69, 9.17) is 17.0 Å². The average Bonchev–Trinajstić information content (AvgIpc) is 2.64. The number of hydrogen-bond acceptors (Lipinski definition) is 2. The second kappa shape index (κ2) is 3.93. The van der Waals surface area contributed by atoms with Gasteiger partial charge in [0.2, 0.25) is 0 Å². The van der Waals surface area contributed by atoms with Crippen molar-refractivity contribution in [3.05, 3.63) is 35.4 Å². The first kappa shape index (κ1) is 11.2. The Labute approximate surface area is 95.4 Å². The quantitative estimate of drug-likeness (QED) is 0.771. The molecule has 1 unspecified atom stereocenters. The van der Waals surface area contributed by atoms with Crippen molar-refractivity contribution in [2.45, 2.75) is 12.2 Å². The fourth-order valence-corrected chi connectivity index (χ4v) is 1.68. The van der Waals surface area contributed by atoms with Crippen molar-refractivity contribution in [3.63, 3.8) is 0 Å². The van der Waals surface area contributed by atoms with Crippen LogP contribution in [0.1, 0.15) is 17.2 Å². The minimum Gasteiger partial charge on any atom is -0.468 e. The molecule has 0 spiro atoms. The van der Waals surface area contributed by atoms with Crippen LogP contribution in [0.25, 0.3) is 0 Å². The highest BCUT2D eigenvalue weighted by Crippen LogP contribution is 2.30. The van der Waals surface area contributed by atoms with Crippen LogP contribution in [0.15, 0.2) is 24.3 Å². The summed E-state index contributed by atoms with van der Waals surface area (Å²) in [6.45, 7) is 0.351. The highest BCUT2D eigenvalue weighted by Gasteiger charge is 2.30. The van der Waals surface area contributed by atoms with Gasteiger partial charge in [0, 0.05) is 0 Å². The van der Waals surface area contributed by atoms with Gasteiger partial charge in [-0.3, -0.25) is 0 Å². The lowest BCUT2D eigenvalue weighted by Crippen LogP contribution is -2.18. The molecular weight excluding hydrogens is 239 g/mol. The summed E-state index contributed by atoms with van der Waals surface area (Å²) < 4.78 is 41.9. The summed E-state index contributed by atoms with van der Waals surface area (Å²) >= 11 is 4.77. The van der Waals surface area contributed by atoms with E-state index < -0.39 is 11.7 Å². The Morgan fingerprint density at radius 3 is 2.31 bits per heavy atom. The van der Waals surface area contributed by atoms with E-state index in [0.717, 1.165) is 17.7 Å². The van der Waals surface area contributed by atoms with E-state index in [-0.39, 0.29) is 11.2 Å². The molecule has 0 bridgehead atoms. The molecule has 1 fully saturated rings. The van der Waals surface area contributed by atoms with E-state index in [1.807, 2.05) is 0 Å². The van der Waals surface area contributed by atoms with Crippen LogP contribution in [0.2, 0.25) is 0 Å². The van der Waals surface area contributed by atoms with Crippen LogP contribution >= 0.6 is 12.2 Å². The molecule has 1 atom stereocenters. The van der Waals surface area contributed by atoms with Gasteiger partial charge in [0.1, 0.15) is 6.61 Å². The molecule has 0 aromatic heterocycles. The van der Waals surface area contributed by atoms with Gasteiger partial charge in [-0.05, 0) is 29.9 Å². The van der Waals surface area contributed by atoms with Gasteiger partial charge in [-0.2, -0.15) is 13.2 Å². The molecule has 86 valence electrons. The van der Waals surface area contributed by atoms with Crippen molar-refractivity contribution in [1.29, 1.82) is 0 Å². The summed E-state index contributed by atoms with van der Waals surface area (Å²) in [6, 6.07) is 4.81. The molecule has 1 aromatic rings. The van der Waals surface area contributed by atoms with Gasteiger partial charge in [0.25, 0.3) is 5.17 Å². The minimum absolute atomic E-state index is 0.158. The van der Waals surface area contributed by atoms with E-state index in [0.29, 0.717) is 6.61 Å². The minimum atomic E-state index is -4.30. The summed E-state index contributed by atoms with van der Waals surface area (Å²) in [5.41, 5.74) is 0.0746. The molecule has 16 heavy (non-hydrogen) atoms. The molecule has 2 rings (SSSR count). The SMILES string of the molecule is FC(F)(F)c1ccc(C2COC(=S)N2)cc1. The van der Waals surface area contributed by atoms with Crippen molar-refractivity contribution in [1.82, 2.24) is 5.32 Å². The molecule has 1 heterocycles. The van der Waals surface area contributed by atoms with Gasteiger partial charge in [-0.15, -0.1) is 0 Å². The van der Waals surface area contributed by atoms with Crippen LogP contribution in [0.3, 0.4) is 0 Å². The molecule has 2 nitrogen and oxygen atoms in total. The summed E-state index contributed by atoms with van der Waals surface area (Å²) in [4.78, 5) is 0. The summed E-state index contributed by atoms with van der Waals surface area (Å²) in [6.07, 6.45) is -4.30. The highest BCUT2D eigenvalue weighted by molar-refractivity contribution is 7.80. The molecule has 1 saturated heterocycles. The van der Waals surface area contributed by atoms with E-state index in [2.05, 4.69) is 5.32 Å². The van der Waals surface area contributed by atoms with Crippen molar-refractivity contribution >= 4 is 17.4 Å². The maximum atomic E-state index is 12.3. The molecule has 0 amide bonds. The number of ether oxygens (including phenoxy) is 1. The highest BCUT2D eigenvalue weighted by atomic mass is 32.1. The molecule has 1 aliphatic rings. The monoisotopic (exact) mass is 247 g/mol. The zero-order valence-corrected chi connectivity index (χ0v) is 8.86. The average molecular weight is 247 g/mol. The molecule has 0 aliphatic carbocycles. The maximum Gasteiger partial charge on any atom is 0.416 e. The lowest BCUT2D eigenvalue weighted by Gasteiger charge is -2.10. The third kappa shape index (κ3) is 2.27. The van der Waals surface area contributed by atoms with Crippen LogP contribution < -0.4 is 5.32 Å². The lowest BCUT2D eigenvalue weighted by atomic mass is 10.1. The standard InChI is InChI=1S/C10H8F3NOS/c11-10(12,13)7-3-1-6(2-4-7)8-5-15-9(16)14-8/h1-4,8H,5H2,(H,14,16). The lowest BCUT2D eigenvalue weighted by molar-refractivity contribution is -0.137. The fourth-order valence-electron chi connectivity index (χ4n) is 1.47. The number of nitrogens with one attached hydrogen (secondary N) is 1. The van der Waals surface area contributed by atoms with Crippen LogP contribution in [-0.2, 0) is 10.9 Å². The zero-order chi connectivity index (χ0) is 11.8. The Balaban J connectivity index is 2.17. The van der Waals surface area contributed by atoms with Crippen molar-refractivity contribution in [2.24, 2.45) is 0 Å². The predicted octanol–water partition coefficient (Wildman–Crippen LogP) is 2.65. The fraction of sp³-hybridized carbons (Fsp3) is 0.300. The van der Waals surface area contributed by atoms with Gasteiger partial charge in [0.05, 0.1) is 11.6 Å². The molecule has 0 saturated carbocycles. The van der Waals surface area contributed by atoms with Crippen molar-refractivity contribution in [3.8, 4) is 0 Å². The van der Waals surface area contributed by atoms with Crippen LogP contribution in [0.4, 0.5) is 13.2 Å². The molecule has 0 radical (unpaired) electrons. The van der Waals surface area contributed by atoms with Crippen molar-refractivity contribution in [2.75, 3.05) is 6.61 Å². The Bertz CT molecular complexity index is 402. The first-order chi connectivity index (χ1) is 7.47. The third-order valence-electron chi connectivity index (χ3n) is 2.31. The molecule has 1 aliphatic heterocycles. The molecular formula is C10H8F3NOS. The Kier molecular flexibility index (Phi) is 2.75. The van der Waals surface area contributed by atoms with Gasteiger partial charge < -0.3 is 10.1 Å². The van der Waals surface area contributed by atoms with Crippen LogP contribution in [0, 0.1) is 0 Å². The van der Waals surface area contributed by atoms with Crippen molar-refractivity contribution < 1.29 is 17.9 Å². The second-order valence-electron chi connectivity index (χ2n) is 3.42. The largest absolute Gasteiger partial charge is 0.468 e. The number of alkyl halides is 3. The number of benzene rings is 1. The third-order valence-corrected chi connectivity index (χ3v) is 2.55. The number of thiocarbonyl (C=S) groups is 1. The molecule has 1 N–H and O–H groups in total. The second-order valence-corrected chi connectivity index (χ2v) is 3.79. The maximum absolute atomic E-state index is 12.3. The van der Waals surface area contributed by atoms with Gasteiger partial charge >= 0.3 is 6.18 Å². The van der Waals surface area contributed by atoms with Gasteiger partial charge in [0.15, 0.2) is 0 Å². The van der Waals surface area contributed by atoms with Gasteiger partial charge in [-0.1, -0.05) is 12.1 Å². The first-order valence-electron chi connectivity index (χ1n) is 4.57. The summed E-state index contributed by atoms with van der Waals surface area (Å²) in [5.74, 6) is 0. The van der Waals surface area contributed by atoms with E-state index in [1.54, 1.807) is 0 Å². The van der Waals surface area contributed by atoms with E-state index in [1.165, 1.54) is 12.1 Å². The predicted molar refractivity (Wildman–Crippen MR) is 55.9 cm³/mol. The molecule has 1 aromatic carbocycles. The topological polar surface area (TPSA) is 21.3 Å². The normalized spacial score (nSPS) is 20.4. The Morgan fingerprint density at radius 1 is 1.25 bits per heavy atom. The number of halogens is 3. The number of hydrogen-bond donors (Lipinski definition) is 1. The summed E-state index contributed by atoms with van der Waals surface area (Å²) in [7, 11) is 0. The zero-order valence-electron chi connectivity index (χ0n) is 8.04. The van der Waals surface area contributed by atoms with E-state index >= 15 is 0 Å². The van der Waals surface area contributed by atoms with E-state index in [9.17, 15) is 13.2 Å². The molecule has 6 heteroatoms. The summed E-state index contributed by atoms with van der Waals surface area (Å²) in [5, 5.41) is 3.14. The van der Waals surface area contributed by atoms with Crippen LogP contribution in [-0.4, -0.2) is 11.8 Å². The Morgan fingerprint density at radius 2 is 1.88 bits per heavy atom. The smallest absolute Gasteiger partial charge is 0.416 e. The first-order valence-corrected chi connectivity index (χ1v) is 4.98. The Hall–Kier alpha value is -1.30. The number of rotatable bonds is 1. The van der Waals surface area contributed by atoms with Gasteiger partial charge in [-0.25, -0.2) is 0 Å².